The van der Waals surface area contributed by atoms with Crippen molar-refractivity contribution in [1.29, 1.82) is 0 Å². The first kappa shape index (κ1) is 19.9. The Balaban J connectivity index is 1.26. The van der Waals surface area contributed by atoms with E-state index in [9.17, 15) is 9.18 Å². The Morgan fingerprint density at radius 3 is 2.43 bits per heavy atom. The Hall–Kier alpha value is -3.38. The molecule has 0 aromatic heterocycles. The number of anilines is 1. The van der Waals surface area contributed by atoms with Gasteiger partial charge in [0.2, 0.25) is 0 Å². The van der Waals surface area contributed by atoms with Crippen molar-refractivity contribution in [3.05, 3.63) is 90.2 Å². The van der Waals surface area contributed by atoms with Crippen LogP contribution in [-0.2, 0) is 0 Å². The number of carbonyl (C=O) groups excluding carboxylic acids is 1. The van der Waals surface area contributed by atoms with Gasteiger partial charge in [0.05, 0.1) is 0 Å². The van der Waals surface area contributed by atoms with Crippen LogP contribution in [-0.4, -0.2) is 30.1 Å². The molecule has 5 nitrogen and oxygen atoms in total. The van der Waals surface area contributed by atoms with Crippen molar-refractivity contribution in [3.63, 3.8) is 0 Å². The molecule has 2 amide bonds. The maximum atomic E-state index is 13.1. The van der Waals surface area contributed by atoms with Gasteiger partial charge in [-0.2, -0.15) is 0 Å². The summed E-state index contributed by atoms with van der Waals surface area (Å²) in [6, 6.07) is 23.5. The van der Waals surface area contributed by atoms with Crippen LogP contribution >= 0.6 is 0 Å². The fraction of sp³-hybridized carbons (Fsp3) is 0.208. The first-order valence-electron chi connectivity index (χ1n) is 9.97. The van der Waals surface area contributed by atoms with Gasteiger partial charge >= 0.3 is 6.03 Å². The highest BCUT2D eigenvalue weighted by atomic mass is 19.1. The summed E-state index contributed by atoms with van der Waals surface area (Å²) in [4.78, 5) is 14.3. The summed E-state index contributed by atoms with van der Waals surface area (Å²) in [6.07, 6.45) is 0. The SMILES string of the molecule is CC(NC1CN(C(=O)Nc2cccc(Oc3ccccc3)c2)C1)c1ccc(F)cc1. The number of para-hydroxylation sites is 1. The lowest BCUT2D eigenvalue weighted by Crippen LogP contribution is -2.61. The standard InChI is InChI=1S/C24H24FN3O2/c1-17(18-10-12-19(25)13-11-18)26-21-15-28(16-21)24(29)27-20-6-5-9-23(14-20)30-22-7-3-2-4-8-22/h2-14,17,21,26H,15-16H2,1H3,(H,27,29). The molecule has 3 aromatic carbocycles. The number of ether oxygens (including phenoxy) is 1. The third-order valence-electron chi connectivity index (χ3n) is 5.09. The second kappa shape index (κ2) is 8.97. The Labute approximate surface area is 175 Å². The lowest BCUT2D eigenvalue weighted by molar-refractivity contribution is 0.143. The minimum atomic E-state index is -0.240. The van der Waals surface area contributed by atoms with Crippen molar-refractivity contribution in [2.45, 2.75) is 19.0 Å². The van der Waals surface area contributed by atoms with Crippen LogP contribution < -0.4 is 15.4 Å². The number of rotatable bonds is 6. The molecule has 0 spiro atoms. The van der Waals surface area contributed by atoms with E-state index < -0.39 is 0 Å². The molecule has 0 saturated carbocycles. The number of likely N-dealkylation sites (tertiary alicyclic amines) is 1. The molecule has 0 radical (unpaired) electrons. The van der Waals surface area contributed by atoms with Crippen LogP contribution in [0.2, 0.25) is 0 Å². The van der Waals surface area contributed by atoms with Crippen molar-refractivity contribution in [3.8, 4) is 11.5 Å². The molecular formula is C24H24FN3O2. The second-order valence-electron chi connectivity index (χ2n) is 7.41. The summed E-state index contributed by atoms with van der Waals surface area (Å²) >= 11 is 0. The summed E-state index contributed by atoms with van der Waals surface area (Å²) < 4.78 is 18.9. The Kier molecular flexibility index (Phi) is 5.95. The number of amides is 2. The number of hydrogen-bond acceptors (Lipinski definition) is 3. The number of nitrogens with zero attached hydrogens (tertiary/aromatic N) is 1. The Morgan fingerprint density at radius 1 is 1.00 bits per heavy atom. The zero-order chi connectivity index (χ0) is 20.9. The number of carbonyl (C=O) groups is 1. The van der Waals surface area contributed by atoms with E-state index >= 15 is 0 Å². The summed E-state index contributed by atoms with van der Waals surface area (Å²) in [5.41, 5.74) is 1.71. The predicted molar refractivity (Wildman–Crippen MR) is 115 cm³/mol. The van der Waals surface area contributed by atoms with E-state index in [1.165, 1.54) is 12.1 Å². The van der Waals surface area contributed by atoms with Gasteiger partial charge in [-0.25, -0.2) is 9.18 Å². The molecule has 6 heteroatoms. The zero-order valence-electron chi connectivity index (χ0n) is 16.7. The van der Waals surface area contributed by atoms with Crippen LogP contribution in [0.5, 0.6) is 11.5 Å². The Bertz CT molecular complexity index is 989. The van der Waals surface area contributed by atoms with Crippen molar-refractivity contribution in [1.82, 2.24) is 10.2 Å². The molecular weight excluding hydrogens is 381 g/mol. The lowest BCUT2D eigenvalue weighted by Gasteiger charge is -2.41. The van der Waals surface area contributed by atoms with E-state index in [2.05, 4.69) is 10.6 Å². The molecule has 1 saturated heterocycles. The molecule has 0 aliphatic carbocycles. The third kappa shape index (κ3) is 4.96. The van der Waals surface area contributed by atoms with E-state index in [0.717, 1.165) is 11.3 Å². The third-order valence-corrected chi connectivity index (χ3v) is 5.09. The van der Waals surface area contributed by atoms with Gasteiger partial charge < -0.3 is 20.3 Å². The molecule has 2 N–H and O–H groups in total. The highest BCUT2D eigenvalue weighted by Crippen LogP contribution is 2.24. The van der Waals surface area contributed by atoms with Crippen molar-refractivity contribution >= 4 is 11.7 Å². The number of halogens is 1. The van der Waals surface area contributed by atoms with Crippen LogP contribution in [0.4, 0.5) is 14.9 Å². The normalized spacial score (nSPS) is 14.7. The number of urea groups is 1. The fourth-order valence-electron chi connectivity index (χ4n) is 3.42. The van der Waals surface area contributed by atoms with Crippen LogP contribution in [0.25, 0.3) is 0 Å². The van der Waals surface area contributed by atoms with Gasteiger partial charge in [0.25, 0.3) is 0 Å². The highest BCUT2D eigenvalue weighted by Gasteiger charge is 2.31. The maximum absolute atomic E-state index is 13.1. The van der Waals surface area contributed by atoms with Gasteiger partial charge in [0.15, 0.2) is 0 Å². The molecule has 30 heavy (non-hydrogen) atoms. The van der Waals surface area contributed by atoms with Crippen LogP contribution in [0.3, 0.4) is 0 Å². The maximum Gasteiger partial charge on any atom is 0.321 e. The van der Waals surface area contributed by atoms with Gasteiger partial charge in [0, 0.05) is 36.9 Å². The smallest absolute Gasteiger partial charge is 0.321 e. The Morgan fingerprint density at radius 2 is 1.70 bits per heavy atom. The average molecular weight is 405 g/mol. The quantitative estimate of drug-likeness (QED) is 0.594. The van der Waals surface area contributed by atoms with E-state index in [4.69, 9.17) is 4.74 Å². The minimum absolute atomic E-state index is 0.0904. The van der Waals surface area contributed by atoms with Crippen molar-refractivity contribution in [2.75, 3.05) is 18.4 Å². The van der Waals surface area contributed by atoms with Gasteiger partial charge in [-0.1, -0.05) is 36.4 Å². The lowest BCUT2D eigenvalue weighted by atomic mass is 10.0. The molecule has 1 aliphatic rings. The molecule has 1 unspecified atom stereocenters. The van der Waals surface area contributed by atoms with Gasteiger partial charge in [0.1, 0.15) is 17.3 Å². The van der Waals surface area contributed by atoms with Gasteiger partial charge in [-0.05, 0) is 48.9 Å². The number of nitrogens with one attached hydrogen (secondary N) is 2. The first-order valence-corrected chi connectivity index (χ1v) is 9.97. The van der Waals surface area contributed by atoms with Gasteiger partial charge in [-0.3, -0.25) is 0 Å². The largest absolute Gasteiger partial charge is 0.457 e. The van der Waals surface area contributed by atoms with Crippen LogP contribution in [0.1, 0.15) is 18.5 Å². The topological polar surface area (TPSA) is 53.6 Å². The average Bonchev–Trinajstić information content (AvgIpc) is 2.71. The minimum Gasteiger partial charge on any atom is -0.457 e. The summed E-state index contributed by atoms with van der Waals surface area (Å²) in [5.74, 6) is 1.17. The number of benzene rings is 3. The van der Waals surface area contributed by atoms with Crippen molar-refractivity contribution in [2.24, 2.45) is 0 Å². The summed E-state index contributed by atoms with van der Waals surface area (Å²) in [6.45, 7) is 3.28. The molecule has 1 fully saturated rings. The molecule has 0 bridgehead atoms. The number of hydrogen-bond donors (Lipinski definition) is 2. The van der Waals surface area contributed by atoms with E-state index in [0.29, 0.717) is 24.5 Å². The fourth-order valence-corrected chi connectivity index (χ4v) is 3.42. The molecule has 1 heterocycles. The molecule has 1 aliphatic heterocycles. The van der Waals surface area contributed by atoms with E-state index in [1.54, 1.807) is 23.1 Å². The van der Waals surface area contributed by atoms with Crippen molar-refractivity contribution < 1.29 is 13.9 Å². The van der Waals surface area contributed by atoms with Crippen LogP contribution in [0.15, 0.2) is 78.9 Å². The molecule has 1 atom stereocenters. The van der Waals surface area contributed by atoms with E-state index in [-0.39, 0.29) is 23.9 Å². The zero-order valence-corrected chi connectivity index (χ0v) is 16.7. The van der Waals surface area contributed by atoms with E-state index in [1.807, 2.05) is 55.5 Å². The first-order chi connectivity index (χ1) is 14.6. The molecule has 4 rings (SSSR count). The van der Waals surface area contributed by atoms with Gasteiger partial charge in [-0.15, -0.1) is 0 Å². The molecule has 154 valence electrons. The van der Waals surface area contributed by atoms with Crippen LogP contribution in [0, 0.1) is 5.82 Å². The second-order valence-corrected chi connectivity index (χ2v) is 7.41. The highest BCUT2D eigenvalue weighted by molar-refractivity contribution is 5.90. The summed E-state index contributed by atoms with van der Waals surface area (Å²) in [7, 11) is 0. The molecule has 3 aromatic rings. The predicted octanol–water partition coefficient (Wildman–Crippen LogP) is 5.18. The monoisotopic (exact) mass is 405 g/mol. The summed E-state index contributed by atoms with van der Waals surface area (Å²) in [5, 5.41) is 6.39.